The lowest BCUT2D eigenvalue weighted by molar-refractivity contribution is -0.127. The van der Waals surface area contributed by atoms with Gasteiger partial charge in [-0.2, -0.15) is 0 Å². The summed E-state index contributed by atoms with van der Waals surface area (Å²) in [6.07, 6.45) is 5.49. The van der Waals surface area contributed by atoms with E-state index in [0.717, 1.165) is 12.8 Å². The molecule has 9 heteroatoms. The number of rotatable bonds is 10. The van der Waals surface area contributed by atoms with Crippen LogP contribution in [0.4, 0.5) is 4.79 Å². The minimum absolute atomic E-state index is 0.293. The van der Waals surface area contributed by atoms with Gasteiger partial charge in [0.05, 0.1) is 12.7 Å². The van der Waals surface area contributed by atoms with Gasteiger partial charge >= 0.3 is 6.03 Å². The van der Waals surface area contributed by atoms with Crippen molar-refractivity contribution in [1.82, 2.24) is 15.1 Å². The lowest BCUT2D eigenvalue weighted by Gasteiger charge is -2.36. The molecule has 148 valence electrons. The number of hydrogen-bond donors (Lipinski definition) is 3. The summed E-state index contributed by atoms with van der Waals surface area (Å²) in [6, 6.07) is -0.969. The second-order valence-electron chi connectivity index (χ2n) is 6.78. The molecule has 2 aliphatic rings. The Morgan fingerprint density at radius 2 is 1.92 bits per heavy atom. The van der Waals surface area contributed by atoms with Crippen molar-refractivity contribution in [2.45, 2.75) is 63.8 Å². The number of thioether (sulfide) groups is 1. The fraction of sp³-hybridized carbons (Fsp3) is 0.824. The number of aliphatic hydroxyl groups is 2. The molecular formula is C17H30N4O4S. The first-order valence-electron chi connectivity index (χ1n) is 9.33. The van der Waals surface area contributed by atoms with Crippen LogP contribution in [-0.4, -0.2) is 81.4 Å². The summed E-state index contributed by atoms with van der Waals surface area (Å²) >= 11 is 1.32. The fourth-order valence-electron chi connectivity index (χ4n) is 3.14. The highest BCUT2D eigenvalue weighted by atomic mass is 32.2. The number of hydrogen-bond acceptors (Lipinski definition) is 7. The third-order valence-corrected chi connectivity index (χ3v) is 5.84. The molecule has 3 atom stereocenters. The number of nitrogens with zero attached hydrogens (tertiary/aromatic N) is 3. The van der Waals surface area contributed by atoms with Crippen LogP contribution in [0.1, 0.15) is 45.4 Å². The standard InChI is InChI=1S/C17H30N4O4S/c1-3-4-5-6-7-8-9-21-13-14(20(2)16(25)19-15(13)24)18-17(21)26-11-12(23)10-22/h12-14,22-23H,3-11H2,1-2H3,(H,19,24,25). The minimum atomic E-state index is -0.839. The largest absolute Gasteiger partial charge is 0.394 e. The third-order valence-electron chi connectivity index (χ3n) is 4.69. The topological polar surface area (TPSA) is 105 Å². The maximum absolute atomic E-state index is 12.4. The second kappa shape index (κ2) is 10.1. The third kappa shape index (κ3) is 5.11. The van der Waals surface area contributed by atoms with Crippen molar-refractivity contribution in [1.29, 1.82) is 0 Å². The Morgan fingerprint density at radius 1 is 1.23 bits per heavy atom. The monoisotopic (exact) mass is 386 g/mol. The van der Waals surface area contributed by atoms with Crippen LogP contribution in [0, 0.1) is 0 Å². The molecule has 0 saturated carbocycles. The number of amides is 3. The van der Waals surface area contributed by atoms with Crippen LogP contribution < -0.4 is 5.32 Å². The summed E-state index contributed by atoms with van der Waals surface area (Å²) in [5.41, 5.74) is 0. The summed E-state index contributed by atoms with van der Waals surface area (Å²) < 4.78 is 0. The Bertz CT molecular complexity index is 531. The second-order valence-corrected chi connectivity index (χ2v) is 7.77. The number of aliphatic imine (C=N–C) groups is 1. The fourth-order valence-corrected chi connectivity index (χ4v) is 4.14. The van der Waals surface area contributed by atoms with Crippen molar-refractivity contribution in [3.05, 3.63) is 0 Å². The highest BCUT2D eigenvalue weighted by Crippen LogP contribution is 2.29. The molecule has 3 unspecified atom stereocenters. The highest BCUT2D eigenvalue weighted by Gasteiger charge is 2.48. The van der Waals surface area contributed by atoms with Gasteiger partial charge in [-0.1, -0.05) is 50.8 Å². The first-order chi connectivity index (χ1) is 12.5. The number of urea groups is 1. The number of nitrogens with one attached hydrogen (secondary N) is 1. The van der Waals surface area contributed by atoms with Crippen LogP contribution in [0.3, 0.4) is 0 Å². The van der Waals surface area contributed by atoms with Gasteiger partial charge in [0.2, 0.25) is 0 Å². The Hall–Kier alpha value is -1.32. The molecule has 26 heavy (non-hydrogen) atoms. The van der Waals surface area contributed by atoms with Gasteiger partial charge in [-0.05, 0) is 6.42 Å². The Labute approximate surface area is 159 Å². The molecule has 0 radical (unpaired) electrons. The average Bonchev–Trinajstić information content (AvgIpc) is 2.99. The van der Waals surface area contributed by atoms with Crippen LogP contribution in [0.15, 0.2) is 4.99 Å². The van der Waals surface area contributed by atoms with E-state index >= 15 is 0 Å². The quantitative estimate of drug-likeness (QED) is 0.484. The van der Waals surface area contributed by atoms with Gasteiger partial charge in [0.15, 0.2) is 17.4 Å². The molecule has 3 amide bonds. The van der Waals surface area contributed by atoms with Crippen molar-refractivity contribution in [3.63, 3.8) is 0 Å². The normalized spacial score (nSPS) is 23.8. The zero-order chi connectivity index (χ0) is 19.1. The van der Waals surface area contributed by atoms with E-state index in [4.69, 9.17) is 5.11 Å². The Kier molecular flexibility index (Phi) is 8.17. The Balaban J connectivity index is 2.01. The van der Waals surface area contributed by atoms with Crippen molar-refractivity contribution in [3.8, 4) is 0 Å². The van der Waals surface area contributed by atoms with Gasteiger partial charge in [0, 0.05) is 19.3 Å². The summed E-state index contributed by atoms with van der Waals surface area (Å²) in [7, 11) is 1.63. The number of carbonyl (C=O) groups excluding carboxylic acids is 2. The number of carbonyl (C=O) groups is 2. The van der Waals surface area contributed by atoms with E-state index in [1.54, 1.807) is 7.05 Å². The molecule has 2 aliphatic heterocycles. The lowest BCUT2D eigenvalue weighted by Crippen LogP contribution is -2.63. The molecule has 2 heterocycles. The molecule has 0 aromatic carbocycles. The van der Waals surface area contributed by atoms with Gasteiger partial charge in [-0.3, -0.25) is 10.1 Å². The zero-order valence-electron chi connectivity index (χ0n) is 15.6. The number of fused-ring (bicyclic) bond motifs is 1. The van der Waals surface area contributed by atoms with E-state index in [1.165, 1.54) is 42.3 Å². The summed E-state index contributed by atoms with van der Waals surface area (Å²) in [6.45, 7) is 2.55. The first kappa shape index (κ1) is 21.0. The maximum atomic E-state index is 12.4. The van der Waals surface area contributed by atoms with Crippen molar-refractivity contribution < 1.29 is 19.8 Å². The summed E-state index contributed by atoms with van der Waals surface area (Å²) in [5, 5.41) is 21.7. The first-order valence-corrected chi connectivity index (χ1v) is 10.3. The van der Waals surface area contributed by atoms with E-state index in [9.17, 15) is 14.7 Å². The summed E-state index contributed by atoms with van der Waals surface area (Å²) in [4.78, 5) is 32.2. The predicted octanol–water partition coefficient (Wildman–Crippen LogP) is 0.981. The lowest BCUT2D eigenvalue weighted by atomic mass is 10.1. The molecule has 8 nitrogen and oxygen atoms in total. The van der Waals surface area contributed by atoms with Gasteiger partial charge in [0.25, 0.3) is 5.91 Å². The van der Waals surface area contributed by atoms with Gasteiger partial charge in [0.1, 0.15) is 0 Å². The Morgan fingerprint density at radius 3 is 2.62 bits per heavy atom. The molecule has 1 fully saturated rings. The van der Waals surface area contributed by atoms with Crippen LogP contribution >= 0.6 is 11.8 Å². The number of unbranched alkanes of at least 4 members (excludes halogenated alkanes) is 5. The molecule has 0 aliphatic carbocycles. The molecule has 3 N–H and O–H groups in total. The SMILES string of the molecule is CCCCCCCCN1C(SCC(O)CO)=NC2C1C(=O)NC(=O)N2C. The van der Waals surface area contributed by atoms with Crippen molar-refractivity contribution in [2.75, 3.05) is 26.0 Å². The number of amidine groups is 1. The van der Waals surface area contributed by atoms with Crippen molar-refractivity contribution in [2.24, 2.45) is 4.99 Å². The summed E-state index contributed by atoms with van der Waals surface area (Å²) in [5.74, 6) is -0.0349. The number of likely N-dealkylation sites (N-methyl/N-ethyl adjacent to an activating group) is 1. The van der Waals surface area contributed by atoms with Crippen LogP contribution in [0.25, 0.3) is 0 Å². The van der Waals surface area contributed by atoms with E-state index in [-0.39, 0.29) is 12.5 Å². The average molecular weight is 387 g/mol. The van der Waals surface area contributed by atoms with Crippen LogP contribution in [-0.2, 0) is 4.79 Å². The van der Waals surface area contributed by atoms with Crippen LogP contribution in [0.2, 0.25) is 0 Å². The molecule has 2 rings (SSSR count). The van der Waals surface area contributed by atoms with Crippen molar-refractivity contribution >= 4 is 28.9 Å². The van der Waals surface area contributed by atoms with Crippen LogP contribution in [0.5, 0.6) is 0 Å². The highest BCUT2D eigenvalue weighted by molar-refractivity contribution is 8.13. The minimum Gasteiger partial charge on any atom is -0.394 e. The molecule has 0 spiro atoms. The predicted molar refractivity (Wildman–Crippen MR) is 102 cm³/mol. The van der Waals surface area contributed by atoms with E-state index in [0.29, 0.717) is 17.5 Å². The number of imide groups is 1. The van der Waals surface area contributed by atoms with E-state index in [2.05, 4.69) is 17.2 Å². The molecular weight excluding hydrogens is 356 g/mol. The van der Waals surface area contributed by atoms with Gasteiger partial charge < -0.3 is 20.0 Å². The maximum Gasteiger partial charge on any atom is 0.325 e. The molecule has 0 aromatic rings. The van der Waals surface area contributed by atoms with Gasteiger partial charge in [-0.15, -0.1) is 0 Å². The van der Waals surface area contributed by atoms with Gasteiger partial charge in [-0.25, -0.2) is 9.79 Å². The molecule has 0 aromatic heterocycles. The number of aliphatic hydroxyl groups excluding tert-OH is 2. The molecule has 0 bridgehead atoms. The van der Waals surface area contributed by atoms with E-state index in [1.807, 2.05) is 4.90 Å². The zero-order valence-corrected chi connectivity index (χ0v) is 16.4. The van der Waals surface area contributed by atoms with E-state index < -0.39 is 24.3 Å². The smallest absolute Gasteiger partial charge is 0.325 e. The molecule has 1 saturated heterocycles.